The number of hydrogen-bond donors (Lipinski definition) is 1. The summed E-state index contributed by atoms with van der Waals surface area (Å²) in [5, 5.41) is 4.26. The molecule has 0 bridgehead atoms. The average Bonchev–Trinajstić information content (AvgIpc) is 2.81. The molecule has 0 radical (unpaired) electrons. The predicted molar refractivity (Wildman–Crippen MR) is 90.7 cm³/mol. The first-order valence-corrected chi connectivity index (χ1v) is 7.18. The second-order valence-electron chi connectivity index (χ2n) is 5.59. The van der Waals surface area contributed by atoms with E-state index in [9.17, 15) is 4.79 Å². The highest BCUT2D eigenvalue weighted by Crippen LogP contribution is 2.10. The van der Waals surface area contributed by atoms with E-state index in [0.717, 1.165) is 12.0 Å². The van der Waals surface area contributed by atoms with Crippen LogP contribution in [0.2, 0.25) is 0 Å². The molecule has 2 heterocycles. The van der Waals surface area contributed by atoms with E-state index in [1.165, 1.54) is 0 Å². The number of aryl methyl sites for hydroxylation is 1. The van der Waals surface area contributed by atoms with Crippen molar-refractivity contribution in [3.05, 3.63) is 18.0 Å². The average molecular weight is 353 g/mol. The normalized spacial score (nSPS) is 19.0. The molecule has 0 saturated carbocycles. The minimum atomic E-state index is 0. The third-order valence-corrected chi connectivity index (χ3v) is 3.46. The van der Waals surface area contributed by atoms with E-state index in [2.05, 4.69) is 5.10 Å². The van der Waals surface area contributed by atoms with Crippen molar-refractivity contribution < 1.29 is 9.53 Å². The van der Waals surface area contributed by atoms with Crippen LogP contribution >= 0.6 is 24.8 Å². The van der Waals surface area contributed by atoms with Gasteiger partial charge in [-0.3, -0.25) is 9.48 Å². The maximum atomic E-state index is 12.1. The fourth-order valence-corrected chi connectivity index (χ4v) is 2.34. The van der Waals surface area contributed by atoms with Gasteiger partial charge in [0.15, 0.2) is 0 Å². The van der Waals surface area contributed by atoms with Crippen LogP contribution < -0.4 is 5.73 Å². The summed E-state index contributed by atoms with van der Waals surface area (Å²) >= 11 is 0. The second kappa shape index (κ2) is 10.0. The Morgan fingerprint density at radius 3 is 2.86 bits per heavy atom. The first kappa shape index (κ1) is 21.2. The highest BCUT2D eigenvalue weighted by Gasteiger charge is 2.24. The maximum Gasteiger partial charge on any atom is 0.222 e. The Labute approximate surface area is 144 Å². The molecule has 2 atom stereocenters. The van der Waals surface area contributed by atoms with Gasteiger partial charge < -0.3 is 15.4 Å². The van der Waals surface area contributed by atoms with E-state index in [1.807, 2.05) is 35.8 Å². The van der Waals surface area contributed by atoms with Gasteiger partial charge in [0.25, 0.3) is 0 Å². The Morgan fingerprint density at radius 1 is 1.55 bits per heavy atom. The molecule has 1 amide bonds. The molecule has 1 saturated heterocycles. The number of rotatable bonds is 5. The summed E-state index contributed by atoms with van der Waals surface area (Å²) in [6.07, 6.45) is 5.08. The van der Waals surface area contributed by atoms with Crippen LogP contribution in [-0.2, 0) is 16.1 Å². The van der Waals surface area contributed by atoms with Crippen LogP contribution in [0.3, 0.4) is 0 Å². The summed E-state index contributed by atoms with van der Waals surface area (Å²) in [5.74, 6) is 0.173. The molecular weight excluding hydrogens is 327 g/mol. The molecule has 1 aliphatic rings. The molecule has 6 nitrogen and oxygen atoms in total. The van der Waals surface area contributed by atoms with Crippen LogP contribution in [0.5, 0.6) is 0 Å². The van der Waals surface area contributed by atoms with Crippen molar-refractivity contribution in [2.24, 2.45) is 5.73 Å². The van der Waals surface area contributed by atoms with E-state index in [-0.39, 0.29) is 42.9 Å². The van der Waals surface area contributed by atoms with Crippen LogP contribution in [-0.4, -0.2) is 52.4 Å². The summed E-state index contributed by atoms with van der Waals surface area (Å²) in [7, 11) is 0. The van der Waals surface area contributed by atoms with E-state index in [0.29, 0.717) is 32.7 Å². The van der Waals surface area contributed by atoms with E-state index >= 15 is 0 Å². The Bertz CT molecular complexity index is 454. The van der Waals surface area contributed by atoms with Gasteiger partial charge in [0.1, 0.15) is 0 Å². The fourth-order valence-electron chi connectivity index (χ4n) is 2.34. The summed E-state index contributed by atoms with van der Waals surface area (Å²) < 4.78 is 7.59. The summed E-state index contributed by atoms with van der Waals surface area (Å²) in [6, 6.07) is 0.0721. The van der Waals surface area contributed by atoms with E-state index in [4.69, 9.17) is 10.5 Å². The first-order chi connectivity index (χ1) is 9.54. The zero-order chi connectivity index (χ0) is 14.5. The van der Waals surface area contributed by atoms with Gasteiger partial charge in [0.2, 0.25) is 5.91 Å². The van der Waals surface area contributed by atoms with Crippen molar-refractivity contribution in [3.8, 4) is 0 Å². The smallest absolute Gasteiger partial charge is 0.222 e. The molecular formula is C14H26Cl2N4O2. The van der Waals surface area contributed by atoms with Crippen molar-refractivity contribution in [1.29, 1.82) is 0 Å². The van der Waals surface area contributed by atoms with E-state index < -0.39 is 0 Å². The quantitative estimate of drug-likeness (QED) is 0.868. The Balaban J connectivity index is 0.00000220. The summed E-state index contributed by atoms with van der Waals surface area (Å²) in [4.78, 5) is 14.0. The van der Waals surface area contributed by atoms with Gasteiger partial charge in [0.05, 0.1) is 25.5 Å². The van der Waals surface area contributed by atoms with Crippen molar-refractivity contribution in [2.45, 2.75) is 45.4 Å². The molecule has 0 aromatic carbocycles. The van der Waals surface area contributed by atoms with Gasteiger partial charge >= 0.3 is 0 Å². The third kappa shape index (κ3) is 6.52. The number of aromatic nitrogens is 2. The number of amides is 1. The lowest BCUT2D eigenvalue weighted by molar-refractivity contribution is -0.139. The largest absolute Gasteiger partial charge is 0.373 e. The minimum absolute atomic E-state index is 0. The number of nitrogens with zero attached hydrogens (tertiary/aromatic N) is 3. The lowest BCUT2D eigenvalue weighted by Gasteiger charge is -2.33. The molecule has 1 fully saturated rings. The number of nitrogens with two attached hydrogens (primary N) is 1. The molecule has 128 valence electrons. The lowest BCUT2D eigenvalue weighted by Crippen LogP contribution is -2.47. The second-order valence-corrected chi connectivity index (χ2v) is 5.59. The number of ether oxygens (including phenoxy) is 1. The Kier molecular flexibility index (Phi) is 9.67. The van der Waals surface area contributed by atoms with Gasteiger partial charge in [-0.1, -0.05) is 0 Å². The number of halogens is 2. The van der Waals surface area contributed by atoms with Gasteiger partial charge in [0, 0.05) is 31.7 Å². The predicted octanol–water partition coefficient (Wildman–Crippen LogP) is 1.39. The van der Waals surface area contributed by atoms with Crippen molar-refractivity contribution in [1.82, 2.24) is 14.7 Å². The molecule has 1 aromatic rings. The topological polar surface area (TPSA) is 73.4 Å². The van der Waals surface area contributed by atoms with Crippen LogP contribution in [0.1, 0.15) is 25.3 Å². The number of carbonyl (C=O) groups excluding carboxylic acids is 1. The van der Waals surface area contributed by atoms with Crippen LogP contribution in [0, 0.1) is 6.92 Å². The Morgan fingerprint density at radius 2 is 2.27 bits per heavy atom. The van der Waals surface area contributed by atoms with Crippen molar-refractivity contribution in [2.75, 3.05) is 19.7 Å². The van der Waals surface area contributed by atoms with Gasteiger partial charge in [-0.25, -0.2) is 0 Å². The minimum Gasteiger partial charge on any atom is -0.373 e. The maximum absolute atomic E-state index is 12.1. The monoisotopic (exact) mass is 352 g/mol. The zero-order valence-corrected chi connectivity index (χ0v) is 14.7. The Hall–Kier alpha value is -0.820. The van der Waals surface area contributed by atoms with Gasteiger partial charge in [-0.15, -0.1) is 24.8 Å². The number of morpholine rings is 1. The molecule has 2 unspecified atom stereocenters. The van der Waals surface area contributed by atoms with Crippen molar-refractivity contribution >= 4 is 30.7 Å². The lowest BCUT2D eigenvalue weighted by atomic mass is 10.1. The number of carbonyl (C=O) groups is 1. The van der Waals surface area contributed by atoms with Crippen LogP contribution in [0.15, 0.2) is 12.4 Å². The molecule has 1 aliphatic heterocycles. The van der Waals surface area contributed by atoms with Crippen LogP contribution in [0.25, 0.3) is 0 Å². The first-order valence-electron chi connectivity index (χ1n) is 7.18. The van der Waals surface area contributed by atoms with Gasteiger partial charge in [-0.05, 0) is 25.8 Å². The van der Waals surface area contributed by atoms with E-state index in [1.54, 1.807) is 0 Å². The summed E-state index contributed by atoms with van der Waals surface area (Å²) in [5.41, 5.74) is 6.83. The molecule has 0 spiro atoms. The number of hydrogen-bond acceptors (Lipinski definition) is 4. The van der Waals surface area contributed by atoms with Crippen molar-refractivity contribution in [3.63, 3.8) is 0 Å². The standard InChI is InChI=1S/C14H24N4O2.2ClH/c1-11-7-16-18(8-11)10-13-9-17(5-6-20-13)14(19)4-3-12(2)15;;/h7-8,12-13H,3-6,9-10,15H2,1-2H3;2*1H. The molecule has 0 aliphatic carbocycles. The molecule has 22 heavy (non-hydrogen) atoms. The fraction of sp³-hybridized carbons (Fsp3) is 0.714. The van der Waals surface area contributed by atoms with Crippen LogP contribution in [0.4, 0.5) is 0 Å². The molecule has 2 N–H and O–H groups in total. The zero-order valence-electron chi connectivity index (χ0n) is 13.1. The summed E-state index contributed by atoms with van der Waals surface area (Å²) in [6.45, 7) is 6.52. The third-order valence-electron chi connectivity index (χ3n) is 3.46. The highest BCUT2D eigenvalue weighted by atomic mass is 35.5. The molecule has 1 aromatic heterocycles. The molecule has 8 heteroatoms. The SMILES string of the molecule is Cc1cnn(CC2CN(C(=O)CCC(C)N)CCO2)c1.Cl.Cl. The van der Waals surface area contributed by atoms with Gasteiger partial charge in [-0.2, -0.15) is 5.10 Å². The molecule has 2 rings (SSSR count). The highest BCUT2D eigenvalue weighted by molar-refractivity contribution is 5.85.